The van der Waals surface area contributed by atoms with Crippen LogP contribution in [0, 0.1) is 0 Å². The third kappa shape index (κ3) is 2.20. The number of rotatable bonds is 3. The summed E-state index contributed by atoms with van der Waals surface area (Å²) in [5.41, 5.74) is 0.702. The van der Waals surface area contributed by atoms with E-state index in [1.807, 2.05) is 0 Å². The van der Waals surface area contributed by atoms with Gasteiger partial charge in [-0.15, -0.1) is 0 Å². The fraction of sp³-hybridized carbons (Fsp3) is 0.222. The van der Waals surface area contributed by atoms with Gasteiger partial charge in [0.05, 0.1) is 17.2 Å². The molecule has 0 radical (unpaired) electrons. The highest BCUT2D eigenvalue weighted by Gasteiger charge is 2.13. The molecule has 1 N–H and O–H groups in total. The van der Waals surface area contributed by atoms with Crippen LogP contribution in [0.5, 0.6) is 0 Å². The summed E-state index contributed by atoms with van der Waals surface area (Å²) in [7, 11) is 1.51. The quantitative estimate of drug-likeness (QED) is 0.814. The van der Waals surface area contributed by atoms with Crippen molar-refractivity contribution in [3.63, 3.8) is 0 Å². The van der Waals surface area contributed by atoms with Crippen LogP contribution in [-0.4, -0.2) is 18.2 Å². The van der Waals surface area contributed by atoms with Gasteiger partial charge in [-0.05, 0) is 11.6 Å². The summed E-state index contributed by atoms with van der Waals surface area (Å²) in [6.45, 7) is 0.252. The second-order valence-corrected chi connectivity index (χ2v) is 2.92. The molecule has 0 aliphatic carbocycles. The number of carboxylic acid groups (broad SMARTS) is 1. The van der Waals surface area contributed by atoms with E-state index in [9.17, 15) is 4.79 Å². The molecule has 0 fully saturated rings. The molecule has 0 saturated heterocycles. The summed E-state index contributed by atoms with van der Waals surface area (Å²) in [6.07, 6.45) is 0. The second kappa shape index (κ2) is 4.25. The largest absolute Gasteiger partial charge is 0.478 e. The van der Waals surface area contributed by atoms with E-state index < -0.39 is 5.97 Å². The molecule has 0 heterocycles. The molecule has 0 aliphatic rings. The van der Waals surface area contributed by atoms with Crippen LogP contribution >= 0.6 is 11.6 Å². The molecule has 0 aromatic heterocycles. The van der Waals surface area contributed by atoms with Crippen molar-refractivity contribution < 1.29 is 14.6 Å². The normalized spacial score (nSPS) is 10.0. The molecule has 3 nitrogen and oxygen atoms in total. The van der Waals surface area contributed by atoms with E-state index in [1.165, 1.54) is 7.11 Å². The molecule has 0 saturated carbocycles. The Hall–Kier alpha value is -1.06. The zero-order valence-electron chi connectivity index (χ0n) is 7.08. The Labute approximate surface area is 80.9 Å². The maximum absolute atomic E-state index is 10.8. The summed E-state index contributed by atoms with van der Waals surface area (Å²) >= 11 is 5.72. The second-order valence-electron chi connectivity index (χ2n) is 2.51. The van der Waals surface area contributed by atoms with Crippen LogP contribution in [0.2, 0.25) is 5.02 Å². The van der Waals surface area contributed by atoms with E-state index in [0.717, 1.165) is 0 Å². The third-order valence-electron chi connectivity index (χ3n) is 1.61. The van der Waals surface area contributed by atoms with Gasteiger partial charge in [-0.2, -0.15) is 0 Å². The van der Waals surface area contributed by atoms with Crippen LogP contribution in [0.4, 0.5) is 0 Å². The first-order chi connectivity index (χ1) is 6.16. The van der Waals surface area contributed by atoms with Crippen LogP contribution in [0.15, 0.2) is 18.2 Å². The van der Waals surface area contributed by atoms with Gasteiger partial charge in [-0.3, -0.25) is 0 Å². The van der Waals surface area contributed by atoms with Crippen molar-refractivity contribution in [2.45, 2.75) is 6.61 Å². The molecule has 0 bridgehead atoms. The summed E-state index contributed by atoms with van der Waals surface area (Å²) in [5, 5.41) is 9.07. The first-order valence-corrected chi connectivity index (χ1v) is 4.04. The highest BCUT2D eigenvalue weighted by molar-refractivity contribution is 6.33. The van der Waals surface area contributed by atoms with Crippen LogP contribution in [0.3, 0.4) is 0 Å². The molecular formula is C9H9ClO3. The molecule has 4 heteroatoms. The van der Waals surface area contributed by atoms with Gasteiger partial charge in [0.15, 0.2) is 0 Å². The number of hydrogen-bond donors (Lipinski definition) is 1. The zero-order valence-corrected chi connectivity index (χ0v) is 7.84. The van der Waals surface area contributed by atoms with E-state index in [1.54, 1.807) is 18.2 Å². The van der Waals surface area contributed by atoms with E-state index in [0.29, 0.717) is 5.56 Å². The molecule has 70 valence electrons. The van der Waals surface area contributed by atoms with Crippen molar-refractivity contribution in [3.8, 4) is 0 Å². The van der Waals surface area contributed by atoms with Crippen LogP contribution < -0.4 is 0 Å². The molecule has 0 aliphatic heterocycles. The molecule has 0 atom stereocenters. The average molecular weight is 201 g/mol. The number of carboxylic acids is 1. The number of benzene rings is 1. The van der Waals surface area contributed by atoms with Crippen molar-refractivity contribution in [1.29, 1.82) is 0 Å². The zero-order chi connectivity index (χ0) is 9.84. The number of aromatic carboxylic acids is 1. The first-order valence-electron chi connectivity index (χ1n) is 3.66. The van der Waals surface area contributed by atoms with E-state index in [-0.39, 0.29) is 17.2 Å². The SMILES string of the molecule is COCc1cccc(Cl)c1C(=O)O. The third-order valence-corrected chi connectivity index (χ3v) is 1.93. The average Bonchev–Trinajstić information content (AvgIpc) is 2.04. The fourth-order valence-electron chi connectivity index (χ4n) is 1.08. The minimum atomic E-state index is -1.03. The van der Waals surface area contributed by atoms with Crippen LogP contribution in [0.25, 0.3) is 0 Å². The summed E-state index contributed by atoms with van der Waals surface area (Å²) in [5.74, 6) is -1.03. The van der Waals surface area contributed by atoms with Gasteiger partial charge >= 0.3 is 5.97 Å². The molecule has 1 aromatic rings. The van der Waals surface area contributed by atoms with Crippen molar-refractivity contribution in [3.05, 3.63) is 34.3 Å². The van der Waals surface area contributed by atoms with E-state index in [2.05, 4.69) is 0 Å². The molecule has 13 heavy (non-hydrogen) atoms. The lowest BCUT2D eigenvalue weighted by atomic mass is 10.1. The van der Waals surface area contributed by atoms with Crippen molar-refractivity contribution in [2.24, 2.45) is 0 Å². The van der Waals surface area contributed by atoms with Crippen molar-refractivity contribution in [1.82, 2.24) is 0 Å². The van der Waals surface area contributed by atoms with Gasteiger partial charge in [-0.1, -0.05) is 23.7 Å². The van der Waals surface area contributed by atoms with Gasteiger partial charge in [0, 0.05) is 7.11 Å². The van der Waals surface area contributed by atoms with Crippen LogP contribution in [0.1, 0.15) is 15.9 Å². The topological polar surface area (TPSA) is 46.5 Å². The van der Waals surface area contributed by atoms with Gasteiger partial charge < -0.3 is 9.84 Å². The van der Waals surface area contributed by atoms with E-state index >= 15 is 0 Å². The highest BCUT2D eigenvalue weighted by Crippen LogP contribution is 2.20. The van der Waals surface area contributed by atoms with Gasteiger partial charge in [0.25, 0.3) is 0 Å². The Bertz CT molecular complexity index is 323. The molecule has 0 unspecified atom stereocenters. The maximum atomic E-state index is 10.8. The minimum absolute atomic E-state index is 0.117. The number of hydrogen-bond acceptors (Lipinski definition) is 2. The standard InChI is InChI=1S/C9H9ClO3/c1-13-5-6-3-2-4-7(10)8(6)9(11)12/h2-4H,5H2,1H3,(H,11,12). The van der Waals surface area contributed by atoms with Gasteiger partial charge in [0.2, 0.25) is 0 Å². The number of ether oxygens (including phenoxy) is 1. The molecule has 0 amide bonds. The Balaban J connectivity index is 3.17. The molecule has 1 aromatic carbocycles. The smallest absolute Gasteiger partial charge is 0.337 e. The summed E-state index contributed by atoms with van der Waals surface area (Å²) in [4.78, 5) is 10.8. The molecule has 1 rings (SSSR count). The van der Waals surface area contributed by atoms with Gasteiger partial charge in [0.1, 0.15) is 0 Å². The Morgan fingerprint density at radius 1 is 1.62 bits per heavy atom. The fourth-order valence-corrected chi connectivity index (χ4v) is 1.36. The highest BCUT2D eigenvalue weighted by atomic mass is 35.5. The number of halogens is 1. The van der Waals surface area contributed by atoms with Gasteiger partial charge in [-0.25, -0.2) is 4.79 Å². The monoisotopic (exact) mass is 200 g/mol. The minimum Gasteiger partial charge on any atom is -0.478 e. The van der Waals surface area contributed by atoms with Crippen molar-refractivity contribution in [2.75, 3.05) is 7.11 Å². The lowest BCUT2D eigenvalue weighted by molar-refractivity contribution is 0.0692. The van der Waals surface area contributed by atoms with Crippen molar-refractivity contribution >= 4 is 17.6 Å². The lowest BCUT2D eigenvalue weighted by Gasteiger charge is -2.05. The van der Waals surface area contributed by atoms with Crippen LogP contribution in [-0.2, 0) is 11.3 Å². The lowest BCUT2D eigenvalue weighted by Crippen LogP contribution is -2.04. The number of carbonyl (C=O) groups is 1. The summed E-state index contributed by atoms with van der Waals surface area (Å²) < 4.78 is 4.85. The Morgan fingerprint density at radius 3 is 2.85 bits per heavy atom. The Morgan fingerprint density at radius 2 is 2.31 bits per heavy atom. The predicted molar refractivity (Wildman–Crippen MR) is 49.1 cm³/mol. The van der Waals surface area contributed by atoms with E-state index in [4.69, 9.17) is 21.4 Å². The predicted octanol–water partition coefficient (Wildman–Crippen LogP) is 2.18. The summed E-state index contributed by atoms with van der Waals surface area (Å²) in [6, 6.07) is 4.92. The first kappa shape index (κ1) is 10.0. The Kier molecular flexibility index (Phi) is 3.28. The number of methoxy groups -OCH3 is 1. The molecule has 0 spiro atoms. The maximum Gasteiger partial charge on any atom is 0.337 e. The molecular weight excluding hydrogens is 192 g/mol.